The minimum absolute atomic E-state index is 0.0132. The van der Waals surface area contributed by atoms with Crippen LogP contribution in [0.15, 0.2) is 0 Å². The summed E-state index contributed by atoms with van der Waals surface area (Å²) in [4.78, 5) is 21.1. The Kier molecular flexibility index (Phi) is 21.4. The maximum atomic E-state index is 11.7. The second-order valence-electron chi connectivity index (χ2n) is 7.81. The average Bonchev–Trinajstić information content (AvgIpc) is 2.71. The fourth-order valence-corrected chi connectivity index (χ4v) is 3.84. The second-order valence-corrected chi connectivity index (χ2v) is 9.26. The van der Waals surface area contributed by atoms with Gasteiger partial charge < -0.3 is 14.9 Å². The lowest BCUT2D eigenvalue weighted by molar-refractivity contribution is -0.144. The van der Waals surface area contributed by atoms with Crippen LogP contribution in [-0.2, 0) is 23.1 Å². The lowest BCUT2D eigenvalue weighted by atomic mass is 10.0. The number of carbonyl (C=O) groups is 1. The van der Waals surface area contributed by atoms with Crippen molar-refractivity contribution in [3.63, 3.8) is 0 Å². The number of esters is 1. The first-order valence-electron chi connectivity index (χ1n) is 11.9. The third-order valence-electron chi connectivity index (χ3n) is 4.90. The van der Waals surface area contributed by atoms with Crippen molar-refractivity contribution in [2.24, 2.45) is 0 Å². The first kappa shape index (κ1) is 29.5. The van der Waals surface area contributed by atoms with E-state index >= 15 is 0 Å². The molecule has 0 aliphatic rings. The molecule has 0 saturated heterocycles. The SMILES string of the molecule is CCCCCCCCCCCCCCCC(=O)OCCCOP(=O)(O)OCCNC. The number of ether oxygens (including phenoxy) is 1. The van der Waals surface area contributed by atoms with Crippen LogP contribution in [0.2, 0.25) is 0 Å². The number of hydrogen-bond acceptors (Lipinski definition) is 6. The van der Waals surface area contributed by atoms with Gasteiger partial charge in [0.25, 0.3) is 0 Å². The van der Waals surface area contributed by atoms with Crippen molar-refractivity contribution in [1.29, 1.82) is 0 Å². The van der Waals surface area contributed by atoms with Gasteiger partial charge in [0.05, 0.1) is 19.8 Å². The van der Waals surface area contributed by atoms with Gasteiger partial charge in [-0.1, -0.05) is 84.0 Å². The first-order valence-corrected chi connectivity index (χ1v) is 13.4. The zero-order chi connectivity index (χ0) is 22.3. The van der Waals surface area contributed by atoms with Crippen molar-refractivity contribution < 1.29 is 28.0 Å². The van der Waals surface area contributed by atoms with Crippen molar-refractivity contribution in [2.75, 3.05) is 33.4 Å². The molecule has 30 heavy (non-hydrogen) atoms. The molecule has 0 rings (SSSR count). The van der Waals surface area contributed by atoms with E-state index in [9.17, 15) is 14.3 Å². The Morgan fingerprint density at radius 2 is 1.27 bits per heavy atom. The molecule has 0 saturated carbocycles. The lowest BCUT2D eigenvalue weighted by Gasteiger charge is -2.12. The summed E-state index contributed by atoms with van der Waals surface area (Å²) in [5.74, 6) is -0.212. The number of hydrogen-bond donors (Lipinski definition) is 2. The van der Waals surface area contributed by atoms with E-state index in [1.54, 1.807) is 7.05 Å². The minimum atomic E-state index is -4.01. The molecule has 0 aromatic rings. The van der Waals surface area contributed by atoms with Crippen LogP contribution in [0.1, 0.15) is 103 Å². The molecule has 0 radical (unpaired) electrons. The van der Waals surface area contributed by atoms with Gasteiger partial charge in [-0.05, 0) is 13.5 Å². The van der Waals surface area contributed by atoms with Gasteiger partial charge in [0.1, 0.15) is 0 Å². The van der Waals surface area contributed by atoms with Crippen molar-refractivity contribution >= 4 is 13.8 Å². The van der Waals surface area contributed by atoms with Crippen molar-refractivity contribution in [2.45, 2.75) is 103 Å². The molecule has 0 aromatic carbocycles. The zero-order valence-corrected chi connectivity index (χ0v) is 20.3. The molecule has 1 atom stereocenters. The molecule has 0 bridgehead atoms. The summed E-state index contributed by atoms with van der Waals surface area (Å²) in [5.41, 5.74) is 0. The Balaban J connectivity index is 3.33. The number of likely N-dealkylation sites (N-methyl/N-ethyl adjacent to an activating group) is 1. The molecular weight excluding hydrogens is 405 g/mol. The summed E-state index contributed by atoms with van der Waals surface area (Å²) < 4.78 is 26.2. The van der Waals surface area contributed by atoms with Gasteiger partial charge in [-0.25, -0.2) is 4.57 Å². The zero-order valence-electron chi connectivity index (χ0n) is 19.4. The predicted octanol–water partition coefficient (Wildman–Crippen LogP) is 5.75. The Bertz CT molecular complexity index is 436. The molecule has 0 aliphatic heterocycles. The largest absolute Gasteiger partial charge is 0.472 e. The smallest absolute Gasteiger partial charge is 0.466 e. The van der Waals surface area contributed by atoms with Gasteiger partial charge in [0.15, 0.2) is 0 Å². The lowest BCUT2D eigenvalue weighted by Crippen LogP contribution is -2.14. The van der Waals surface area contributed by atoms with Gasteiger partial charge in [-0.15, -0.1) is 0 Å². The standard InChI is InChI=1S/C22H46NO6P/c1-3-4-5-6-7-8-9-10-11-12-13-14-15-17-22(24)27-19-16-20-28-30(25,26)29-21-18-23-2/h23H,3-21H2,1-2H3,(H,25,26). The third kappa shape index (κ3) is 22.2. The summed E-state index contributed by atoms with van der Waals surface area (Å²) in [6.07, 6.45) is 17.4. The van der Waals surface area contributed by atoms with Crippen LogP contribution in [-0.4, -0.2) is 44.3 Å². The fourth-order valence-electron chi connectivity index (χ4n) is 3.08. The maximum absolute atomic E-state index is 11.7. The molecule has 7 nitrogen and oxygen atoms in total. The van der Waals surface area contributed by atoms with Gasteiger partial charge >= 0.3 is 13.8 Å². The molecule has 0 heterocycles. The highest BCUT2D eigenvalue weighted by atomic mass is 31.2. The molecule has 1 unspecified atom stereocenters. The first-order chi connectivity index (χ1) is 14.5. The summed E-state index contributed by atoms with van der Waals surface area (Å²) in [6.45, 7) is 3.01. The Morgan fingerprint density at radius 1 is 0.767 bits per heavy atom. The average molecular weight is 452 g/mol. The summed E-state index contributed by atoms with van der Waals surface area (Å²) in [5, 5.41) is 2.80. The van der Waals surface area contributed by atoms with E-state index in [4.69, 9.17) is 13.8 Å². The van der Waals surface area contributed by atoms with Crippen LogP contribution in [0.5, 0.6) is 0 Å². The van der Waals surface area contributed by atoms with Gasteiger partial charge in [-0.2, -0.15) is 0 Å². The quantitative estimate of drug-likeness (QED) is 0.116. The monoisotopic (exact) mass is 451 g/mol. The molecule has 0 amide bonds. The number of rotatable bonds is 23. The van der Waals surface area contributed by atoms with E-state index in [1.165, 1.54) is 70.6 Å². The van der Waals surface area contributed by atoms with E-state index in [-0.39, 0.29) is 25.8 Å². The summed E-state index contributed by atoms with van der Waals surface area (Å²) in [6, 6.07) is 0. The number of unbranched alkanes of at least 4 members (excludes halogenated alkanes) is 12. The fraction of sp³-hybridized carbons (Fsp3) is 0.955. The topological polar surface area (TPSA) is 94.1 Å². The number of phosphoric ester groups is 1. The molecule has 8 heteroatoms. The number of nitrogens with one attached hydrogen (secondary N) is 1. The molecule has 0 fully saturated rings. The van der Waals surface area contributed by atoms with Gasteiger partial charge in [0.2, 0.25) is 0 Å². The van der Waals surface area contributed by atoms with Crippen molar-refractivity contribution in [3.8, 4) is 0 Å². The highest BCUT2D eigenvalue weighted by molar-refractivity contribution is 7.47. The summed E-state index contributed by atoms with van der Waals surface area (Å²) >= 11 is 0. The van der Waals surface area contributed by atoms with Crippen LogP contribution in [0, 0.1) is 0 Å². The van der Waals surface area contributed by atoms with Crippen LogP contribution in [0.3, 0.4) is 0 Å². The number of phosphoric acid groups is 1. The van der Waals surface area contributed by atoms with Gasteiger partial charge in [-0.3, -0.25) is 13.8 Å². The van der Waals surface area contributed by atoms with E-state index < -0.39 is 7.82 Å². The van der Waals surface area contributed by atoms with E-state index in [0.29, 0.717) is 19.4 Å². The van der Waals surface area contributed by atoms with Crippen LogP contribution in [0.25, 0.3) is 0 Å². The van der Waals surface area contributed by atoms with E-state index in [1.807, 2.05) is 0 Å². The van der Waals surface area contributed by atoms with E-state index in [0.717, 1.165) is 12.8 Å². The third-order valence-corrected chi connectivity index (χ3v) is 5.91. The maximum Gasteiger partial charge on any atom is 0.472 e. The molecule has 0 spiro atoms. The van der Waals surface area contributed by atoms with E-state index in [2.05, 4.69) is 12.2 Å². The molecule has 0 aliphatic carbocycles. The van der Waals surface area contributed by atoms with Crippen LogP contribution >= 0.6 is 7.82 Å². The molecular formula is C22H46NO6P. The highest BCUT2D eigenvalue weighted by Crippen LogP contribution is 2.42. The highest BCUT2D eigenvalue weighted by Gasteiger charge is 2.20. The Labute approximate surface area is 184 Å². The predicted molar refractivity (Wildman–Crippen MR) is 122 cm³/mol. The van der Waals surface area contributed by atoms with Gasteiger partial charge in [0, 0.05) is 19.4 Å². The normalized spacial score (nSPS) is 13.3. The van der Waals surface area contributed by atoms with Crippen molar-refractivity contribution in [3.05, 3.63) is 0 Å². The van der Waals surface area contributed by atoms with Crippen LogP contribution < -0.4 is 5.32 Å². The number of carbonyl (C=O) groups excluding carboxylic acids is 1. The molecule has 0 aromatic heterocycles. The minimum Gasteiger partial charge on any atom is -0.466 e. The molecule has 2 N–H and O–H groups in total. The second kappa shape index (κ2) is 21.8. The Morgan fingerprint density at radius 3 is 1.80 bits per heavy atom. The van der Waals surface area contributed by atoms with Crippen molar-refractivity contribution in [1.82, 2.24) is 5.32 Å². The summed E-state index contributed by atoms with van der Waals surface area (Å²) in [7, 11) is -2.29. The Hall–Kier alpha value is -0.460. The molecule has 180 valence electrons. The van der Waals surface area contributed by atoms with Crippen LogP contribution in [0.4, 0.5) is 0 Å².